The van der Waals surface area contributed by atoms with Crippen molar-refractivity contribution < 1.29 is 42.8 Å². The number of allylic oxidation sites excluding steroid dienone is 2. The molecule has 0 aromatic heterocycles. The summed E-state index contributed by atoms with van der Waals surface area (Å²) in [6.45, 7) is -0.374. The van der Waals surface area contributed by atoms with Crippen molar-refractivity contribution in [3.63, 3.8) is 0 Å². The maximum Gasteiger partial charge on any atom is 0.416 e. The summed E-state index contributed by atoms with van der Waals surface area (Å²) >= 11 is 0. The second-order valence-corrected chi connectivity index (χ2v) is 8.08. The van der Waals surface area contributed by atoms with Crippen molar-refractivity contribution in [1.29, 1.82) is 0 Å². The number of aliphatic hydroxyl groups is 2. The SMILES string of the molecule is O=C(O)CCCC=CCC1C(O)CC(O)C1CCC(=O)COc1cccc(C(F)(F)F)c1. The summed E-state index contributed by atoms with van der Waals surface area (Å²) in [5.41, 5.74) is -0.857. The Morgan fingerprint density at radius 3 is 2.50 bits per heavy atom. The molecule has 178 valence electrons. The number of alkyl halides is 3. The summed E-state index contributed by atoms with van der Waals surface area (Å²) in [7, 11) is 0. The molecule has 6 nitrogen and oxygen atoms in total. The van der Waals surface area contributed by atoms with Gasteiger partial charge >= 0.3 is 12.1 Å². The summed E-state index contributed by atoms with van der Waals surface area (Å²) in [5.74, 6) is -1.71. The Bertz CT molecular complexity index is 792. The van der Waals surface area contributed by atoms with Gasteiger partial charge in [-0.25, -0.2) is 0 Å². The molecule has 1 aromatic carbocycles. The van der Waals surface area contributed by atoms with Crippen LogP contribution in [0, 0.1) is 11.8 Å². The number of carboxylic acids is 1. The second kappa shape index (κ2) is 12.0. The van der Waals surface area contributed by atoms with Gasteiger partial charge in [0.15, 0.2) is 5.78 Å². The number of ether oxygens (including phenoxy) is 1. The van der Waals surface area contributed by atoms with Gasteiger partial charge in [0.25, 0.3) is 0 Å². The van der Waals surface area contributed by atoms with Gasteiger partial charge in [-0.2, -0.15) is 13.2 Å². The van der Waals surface area contributed by atoms with Crippen molar-refractivity contribution in [3.05, 3.63) is 42.0 Å². The van der Waals surface area contributed by atoms with Crippen LogP contribution in [0.3, 0.4) is 0 Å². The number of aliphatic carboxylic acids is 1. The van der Waals surface area contributed by atoms with Crippen molar-refractivity contribution in [2.75, 3.05) is 6.61 Å². The number of carbonyl (C=O) groups excluding carboxylic acids is 1. The summed E-state index contributed by atoms with van der Waals surface area (Å²) in [5, 5.41) is 29.1. The molecule has 0 aliphatic heterocycles. The van der Waals surface area contributed by atoms with Crippen LogP contribution in [0.15, 0.2) is 36.4 Å². The van der Waals surface area contributed by atoms with E-state index in [9.17, 15) is 33.0 Å². The number of hydrogen-bond acceptors (Lipinski definition) is 5. The standard InChI is InChI=1S/C23H29F3O6/c24-23(25,26)15-6-5-7-17(12-15)32-14-16(27)10-11-19-18(20(28)13-21(19)29)8-3-1-2-4-9-22(30)31/h1,3,5-7,12,18-21,28-29H,2,4,8-11,13-14H2,(H,30,31). The number of ketones is 1. The van der Waals surface area contributed by atoms with Crippen LogP contribution in [0.4, 0.5) is 13.2 Å². The van der Waals surface area contributed by atoms with Crippen molar-refractivity contribution in [1.82, 2.24) is 0 Å². The number of aliphatic hydroxyl groups excluding tert-OH is 2. The van der Waals surface area contributed by atoms with Gasteiger partial charge in [0, 0.05) is 12.8 Å². The van der Waals surface area contributed by atoms with Crippen molar-refractivity contribution >= 4 is 11.8 Å². The smallest absolute Gasteiger partial charge is 0.416 e. The summed E-state index contributed by atoms with van der Waals surface area (Å²) in [6, 6.07) is 4.31. The molecule has 0 radical (unpaired) electrons. The molecule has 9 heteroatoms. The topological polar surface area (TPSA) is 104 Å². The number of hydrogen-bond donors (Lipinski definition) is 3. The molecule has 4 unspecified atom stereocenters. The molecule has 1 aliphatic carbocycles. The lowest BCUT2D eigenvalue weighted by atomic mass is 9.86. The molecule has 0 spiro atoms. The van der Waals surface area contributed by atoms with E-state index in [1.54, 1.807) is 0 Å². The van der Waals surface area contributed by atoms with Gasteiger partial charge < -0.3 is 20.1 Å². The van der Waals surface area contributed by atoms with Crippen LogP contribution in [-0.4, -0.2) is 45.9 Å². The molecular formula is C23H29F3O6. The molecule has 0 amide bonds. The molecule has 4 atom stereocenters. The molecule has 0 saturated heterocycles. The molecule has 1 fully saturated rings. The lowest BCUT2D eigenvalue weighted by Crippen LogP contribution is -2.23. The highest BCUT2D eigenvalue weighted by molar-refractivity contribution is 5.79. The van der Waals surface area contributed by atoms with E-state index in [1.165, 1.54) is 12.1 Å². The number of carbonyl (C=O) groups is 2. The minimum atomic E-state index is -4.50. The zero-order chi connectivity index (χ0) is 23.7. The maximum atomic E-state index is 12.8. The number of carboxylic acid groups (broad SMARTS) is 1. The Balaban J connectivity index is 1.80. The average Bonchev–Trinajstić information content (AvgIpc) is 2.99. The van der Waals surface area contributed by atoms with Crippen molar-refractivity contribution in [2.24, 2.45) is 11.8 Å². The van der Waals surface area contributed by atoms with Gasteiger partial charge in [0.2, 0.25) is 0 Å². The third-order valence-electron chi connectivity index (χ3n) is 5.68. The first-order valence-electron chi connectivity index (χ1n) is 10.6. The van der Waals surface area contributed by atoms with Crippen molar-refractivity contribution in [3.8, 4) is 5.75 Å². The van der Waals surface area contributed by atoms with Gasteiger partial charge in [0.05, 0.1) is 17.8 Å². The molecule has 0 heterocycles. The Morgan fingerprint density at radius 2 is 1.81 bits per heavy atom. The highest BCUT2D eigenvalue weighted by Crippen LogP contribution is 2.38. The highest BCUT2D eigenvalue weighted by Gasteiger charge is 2.40. The second-order valence-electron chi connectivity index (χ2n) is 8.08. The summed E-state index contributed by atoms with van der Waals surface area (Å²) in [4.78, 5) is 22.7. The van der Waals surface area contributed by atoms with Gasteiger partial charge in [0.1, 0.15) is 12.4 Å². The van der Waals surface area contributed by atoms with Gasteiger partial charge in [-0.3, -0.25) is 9.59 Å². The molecule has 1 saturated carbocycles. The Labute approximate surface area is 184 Å². The highest BCUT2D eigenvalue weighted by atomic mass is 19.4. The minimum Gasteiger partial charge on any atom is -0.486 e. The average molecular weight is 458 g/mol. The first kappa shape index (κ1) is 25.9. The van der Waals surface area contributed by atoms with Gasteiger partial charge in [-0.15, -0.1) is 0 Å². The number of Topliss-reactive ketones (excluding diaryl/α,β-unsaturated/α-hetero) is 1. The maximum absolute atomic E-state index is 12.8. The predicted molar refractivity (Wildman–Crippen MR) is 110 cm³/mol. The molecule has 32 heavy (non-hydrogen) atoms. The lowest BCUT2D eigenvalue weighted by molar-refractivity contribution is -0.138. The number of rotatable bonds is 12. The van der Waals surface area contributed by atoms with Crippen LogP contribution >= 0.6 is 0 Å². The van der Waals surface area contributed by atoms with Crippen LogP contribution in [-0.2, 0) is 15.8 Å². The Kier molecular flexibility index (Phi) is 9.71. The lowest BCUT2D eigenvalue weighted by Gasteiger charge is -2.22. The zero-order valence-electron chi connectivity index (χ0n) is 17.6. The zero-order valence-corrected chi connectivity index (χ0v) is 17.6. The largest absolute Gasteiger partial charge is 0.486 e. The minimum absolute atomic E-state index is 0.0459. The number of unbranched alkanes of at least 4 members (excludes halogenated alkanes) is 1. The molecular weight excluding hydrogens is 429 g/mol. The predicted octanol–water partition coefficient (Wildman–Crippen LogP) is 3.99. The third-order valence-corrected chi connectivity index (χ3v) is 5.68. The van der Waals surface area contributed by atoms with E-state index in [0.29, 0.717) is 25.7 Å². The monoisotopic (exact) mass is 458 g/mol. The molecule has 2 rings (SSSR count). The third kappa shape index (κ3) is 8.27. The molecule has 1 aromatic rings. The van der Waals surface area contributed by atoms with E-state index in [1.807, 2.05) is 12.2 Å². The van der Waals surface area contributed by atoms with Gasteiger partial charge in [-0.1, -0.05) is 18.2 Å². The fourth-order valence-corrected chi connectivity index (χ4v) is 3.97. The van der Waals surface area contributed by atoms with Crippen LogP contribution in [0.2, 0.25) is 0 Å². The number of benzene rings is 1. The number of halogens is 3. The van der Waals surface area contributed by atoms with Crippen LogP contribution in [0.1, 0.15) is 50.5 Å². The van der Waals surface area contributed by atoms with Gasteiger partial charge in [-0.05, 0) is 62.1 Å². The van der Waals surface area contributed by atoms with E-state index in [2.05, 4.69) is 0 Å². The molecule has 3 N–H and O–H groups in total. The fraction of sp³-hybridized carbons (Fsp3) is 0.565. The van der Waals surface area contributed by atoms with E-state index < -0.39 is 29.9 Å². The Morgan fingerprint density at radius 1 is 1.09 bits per heavy atom. The molecule has 0 bridgehead atoms. The Hall–Kier alpha value is -2.39. The van der Waals surface area contributed by atoms with Crippen LogP contribution in [0.25, 0.3) is 0 Å². The summed E-state index contributed by atoms with van der Waals surface area (Å²) in [6.07, 6.45) is 0.117. The first-order chi connectivity index (χ1) is 15.1. The normalized spacial score (nSPS) is 23.5. The fourth-order valence-electron chi connectivity index (χ4n) is 3.97. The van der Waals surface area contributed by atoms with E-state index in [-0.39, 0.29) is 49.2 Å². The van der Waals surface area contributed by atoms with E-state index >= 15 is 0 Å². The first-order valence-corrected chi connectivity index (χ1v) is 10.6. The molecule has 1 aliphatic rings. The quantitative estimate of drug-likeness (QED) is 0.323. The van der Waals surface area contributed by atoms with E-state index in [0.717, 1.165) is 12.1 Å². The van der Waals surface area contributed by atoms with E-state index in [4.69, 9.17) is 9.84 Å². The summed E-state index contributed by atoms with van der Waals surface area (Å²) < 4.78 is 43.5. The van der Waals surface area contributed by atoms with Crippen LogP contribution in [0.5, 0.6) is 5.75 Å². The van der Waals surface area contributed by atoms with Crippen LogP contribution < -0.4 is 4.74 Å². The van der Waals surface area contributed by atoms with Crippen molar-refractivity contribution in [2.45, 2.75) is 63.3 Å².